The number of anilines is 2. The van der Waals surface area contributed by atoms with E-state index in [9.17, 15) is 23.3 Å². The van der Waals surface area contributed by atoms with E-state index in [1.165, 1.54) is 42.0 Å². The van der Waals surface area contributed by atoms with Crippen LogP contribution in [0.15, 0.2) is 89.3 Å². The molecule has 0 bridgehead atoms. The fraction of sp³-hybridized carbons (Fsp3) is 0.460. The van der Waals surface area contributed by atoms with Crippen molar-refractivity contribution >= 4 is 61.8 Å². The number of halogens is 2. The van der Waals surface area contributed by atoms with Crippen LogP contribution in [0.4, 0.5) is 17.1 Å². The van der Waals surface area contributed by atoms with Gasteiger partial charge in [0.25, 0.3) is 21.6 Å². The number of nitro benzene ring substituents is 1. The highest BCUT2D eigenvalue weighted by Crippen LogP contribution is 2.44. The van der Waals surface area contributed by atoms with Gasteiger partial charge in [-0.25, -0.2) is 13.1 Å². The molecule has 68 heavy (non-hydrogen) atoms. The van der Waals surface area contributed by atoms with Gasteiger partial charge in [-0.1, -0.05) is 54.8 Å². The molecule has 1 aliphatic carbocycles. The zero-order valence-corrected chi connectivity index (χ0v) is 41.1. The number of ether oxygens (including phenoxy) is 4. The van der Waals surface area contributed by atoms with Crippen molar-refractivity contribution in [3.8, 4) is 17.2 Å². The van der Waals surface area contributed by atoms with Gasteiger partial charge >= 0.3 is 0 Å². The number of carbonyl (C=O) groups is 1. The van der Waals surface area contributed by atoms with Crippen LogP contribution < -0.4 is 29.3 Å². The van der Waals surface area contributed by atoms with Crippen LogP contribution in [0, 0.1) is 15.5 Å². The van der Waals surface area contributed by atoms with Crippen LogP contribution >= 0.6 is 23.2 Å². The lowest BCUT2D eigenvalue weighted by Gasteiger charge is -2.43. The van der Waals surface area contributed by atoms with Crippen LogP contribution in [-0.2, 0) is 19.5 Å². The van der Waals surface area contributed by atoms with E-state index >= 15 is 0 Å². The van der Waals surface area contributed by atoms with Crippen molar-refractivity contribution in [3.63, 3.8) is 0 Å². The van der Waals surface area contributed by atoms with Crippen LogP contribution in [0.5, 0.6) is 17.2 Å². The predicted octanol–water partition coefficient (Wildman–Crippen LogP) is 9.32. The highest BCUT2D eigenvalue weighted by Gasteiger charge is 2.35. The van der Waals surface area contributed by atoms with Gasteiger partial charge in [0.1, 0.15) is 22.9 Å². The van der Waals surface area contributed by atoms with Gasteiger partial charge in [0.2, 0.25) is 0 Å². The molecule has 4 aliphatic rings. The first-order chi connectivity index (χ1) is 32.7. The maximum absolute atomic E-state index is 14.2. The molecule has 3 saturated heterocycles. The second kappa shape index (κ2) is 21.8. The number of hydrogen-bond donors (Lipinski definition) is 2. The molecule has 0 atom stereocenters. The zero-order valence-electron chi connectivity index (χ0n) is 38.8. The SMILES string of the molecule is COCOc1ccc(Oc2cc(N3CCN(CC4=C(c5ccc(Cl)cc5)CC(C)(C)CC4)CC3)ccc2C(=O)NS(=O)(=O)c2ccc(N(C3CCNCC3)C3CCOCC3)c([N+](=O)[O-])c2)c(Cl)c1. The molecular weight excluding hydrogens is 932 g/mol. The van der Waals surface area contributed by atoms with Gasteiger partial charge in [-0.05, 0) is 123 Å². The average Bonchev–Trinajstić information content (AvgIpc) is 3.33. The molecule has 2 N–H and O–H groups in total. The van der Waals surface area contributed by atoms with Crippen molar-refractivity contribution in [1.29, 1.82) is 0 Å². The van der Waals surface area contributed by atoms with Gasteiger partial charge in [-0.15, -0.1) is 0 Å². The first-order valence-corrected chi connectivity index (χ1v) is 25.5. The largest absolute Gasteiger partial charge is 0.468 e. The molecule has 18 heteroatoms. The molecule has 0 radical (unpaired) electrons. The summed E-state index contributed by atoms with van der Waals surface area (Å²) in [6.07, 6.45) is 6.10. The highest BCUT2D eigenvalue weighted by atomic mass is 35.5. The van der Waals surface area contributed by atoms with E-state index in [0.29, 0.717) is 50.6 Å². The van der Waals surface area contributed by atoms with E-state index < -0.39 is 25.7 Å². The molecule has 0 saturated carbocycles. The smallest absolute Gasteiger partial charge is 0.293 e. The van der Waals surface area contributed by atoms with E-state index in [1.807, 2.05) is 12.1 Å². The summed E-state index contributed by atoms with van der Waals surface area (Å²) in [5.41, 5.74) is 4.96. The number of nitro groups is 1. The summed E-state index contributed by atoms with van der Waals surface area (Å²) in [4.78, 5) is 32.7. The molecule has 4 aromatic carbocycles. The molecule has 364 valence electrons. The summed E-state index contributed by atoms with van der Waals surface area (Å²) in [5, 5.41) is 17.0. The lowest BCUT2D eigenvalue weighted by Crippen LogP contribution is -2.50. The Kier molecular flexibility index (Phi) is 15.9. The van der Waals surface area contributed by atoms with Gasteiger partial charge in [-0.3, -0.25) is 19.8 Å². The number of hydrogen-bond acceptors (Lipinski definition) is 13. The Labute approximate surface area is 408 Å². The number of amides is 1. The first kappa shape index (κ1) is 49.5. The first-order valence-electron chi connectivity index (χ1n) is 23.3. The minimum Gasteiger partial charge on any atom is -0.468 e. The van der Waals surface area contributed by atoms with Crippen molar-refractivity contribution in [1.82, 2.24) is 14.9 Å². The summed E-state index contributed by atoms with van der Waals surface area (Å²) in [6.45, 7) is 11.1. The Morgan fingerprint density at radius 3 is 2.34 bits per heavy atom. The molecule has 1 amide bonds. The van der Waals surface area contributed by atoms with Gasteiger partial charge in [0, 0.05) is 94.0 Å². The summed E-state index contributed by atoms with van der Waals surface area (Å²) in [7, 11) is -3.13. The third-order valence-corrected chi connectivity index (χ3v) is 15.3. The third-order valence-electron chi connectivity index (χ3n) is 13.5. The molecule has 0 spiro atoms. The second-order valence-electron chi connectivity index (χ2n) is 18.7. The van der Waals surface area contributed by atoms with E-state index in [4.69, 9.17) is 42.1 Å². The van der Waals surface area contributed by atoms with Crippen LogP contribution in [0.25, 0.3) is 5.57 Å². The Bertz CT molecular complexity index is 2580. The van der Waals surface area contributed by atoms with Crippen LogP contribution in [0.1, 0.15) is 74.7 Å². The van der Waals surface area contributed by atoms with E-state index in [1.54, 1.807) is 30.3 Å². The number of rotatable bonds is 16. The van der Waals surface area contributed by atoms with Crippen LogP contribution in [0.3, 0.4) is 0 Å². The standard InChI is InChI=1S/C50H60Cl2N6O9S/c1-50(2)19-14-35(43(31-50)34-4-6-36(51)7-5-34)32-55-22-24-56(25-23-55)39-8-11-42(48(28-39)67-47-13-9-40(29-44(47)52)66-33-64-3)49(59)54-68(62,63)41-10-12-45(46(30-41)58(60)61)57(37-15-20-53-21-16-37)38-17-26-65-27-18-38/h4-13,28-30,37-38,53H,14-27,31-33H2,1-3H3,(H,54,59). The van der Waals surface area contributed by atoms with Crippen LogP contribution in [0.2, 0.25) is 10.0 Å². The molecule has 3 aliphatic heterocycles. The van der Waals surface area contributed by atoms with Crippen LogP contribution in [-0.4, -0.2) is 109 Å². The number of allylic oxidation sites excluding steroid dienone is 1. The second-order valence-corrected chi connectivity index (χ2v) is 21.2. The highest BCUT2D eigenvalue weighted by molar-refractivity contribution is 7.90. The van der Waals surface area contributed by atoms with Crippen molar-refractivity contribution in [2.45, 2.75) is 75.8 Å². The summed E-state index contributed by atoms with van der Waals surface area (Å²) in [5.74, 6) is -0.300. The lowest BCUT2D eigenvalue weighted by molar-refractivity contribution is -0.384. The number of carbonyl (C=O) groups excluding carboxylic acids is 1. The average molecular weight is 992 g/mol. The van der Waals surface area contributed by atoms with Gasteiger partial charge in [-0.2, -0.15) is 0 Å². The van der Waals surface area contributed by atoms with E-state index in [2.05, 4.69) is 50.7 Å². The van der Waals surface area contributed by atoms with Crippen molar-refractivity contribution < 1.29 is 37.1 Å². The number of benzene rings is 4. The fourth-order valence-corrected chi connectivity index (χ4v) is 11.1. The number of methoxy groups -OCH3 is 1. The summed E-state index contributed by atoms with van der Waals surface area (Å²) < 4.78 is 52.8. The summed E-state index contributed by atoms with van der Waals surface area (Å²) >= 11 is 12.9. The van der Waals surface area contributed by atoms with E-state index in [-0.39, 0.29) is 52.1 Å². The third kappa shape index (κ3) is 11.9. The van der Waals surface area contributed by atoms with Gasteiger partial charge in [0.05, 0.1) is 20.4 Å². The molecule has 3 fully saturated rings. The number of piperidine rings is 1. The van der Waals surface area contributed by atoms with Crippen molar-refractivity contribution in [2.24, 2.45) is 5.41 Å². The number of sulfonamides is 1. The topological polar surface area (TPSA) is 165 Å². The maximum atomic E-state index is 14.2. The lowest BCUT2D eigenvalue weighted by atomic mass is 9.72. The van der Waals surface area contributed by atoms with Crippen molar-refractivity contribution in [3.05, 3.63) is 116 Å². The monoisotopic (exact) mass is 990 g/mol. The minimum atomic E-state index is -4.64. The summed E-state index contributed by atoms with van der Waals surface area (Å²) in [6, 6.07) is 21.8. The Morgan fingerprint density at radius 2 is 1.65 bits per heavy atom. The van der Waals surface area contributed by atoms with Gasteiger partial charge < -0.3 is 34.1 Å². The van der Waals surface area contributed by atoms with E-state index in [0.717, 1.165) is 81.6 Å². The predicted molar refractivity (Wildman–Crippen MR) is 265 cm³/mol. The normalized spacial score (nSPS) is 18.6. The number of nitrogens with zero attached hydrogens (tertiary/aromatic N) is 4. The molecule has 15 nitrogen and oxygen atoms in total. The quantitative estimate of drug-likeness (QED) is 0.0621. The zero-order chi connectivity index (χ0) is 48.0. The molecule has 0 aromatic heterocycles. The van der Waals surface area contributed by atoms with Crippen molar-refractivity contribution in [2.75, 3.05) is 82.7 Å². The minimum absolute atomic E-state index is 0.00223. The molecule has 3 heterocycles. The number of nitrogens with one attached hydrogen (secondary N) is 2. The van der Waals surface area contributed by atoms with Gasteiger partial charge in [0.15, 0.2) is 6.79 Å². The molecule has 8 rings (SSSR count). The Hall–Kier alpha value is -4.94. The Balaban J connectivity index is 1.04. The fourth-order valence-electron chi connectivity index (χ4n) is 9.79. The number of piperazine rings is 1. The molecule has 0 unspecified atom stereocenters. The molecular formula is C50H60Cl2N6O9S. The Morgan fingerprint density at radius 1 is 0.926 bits per heavy atom. The molecule has 4 aromatic rings. The maximum Gasteiger partial charge on any atom is 0.293 e.